The molecule has 9 heteroatoms. The van der Waals surface area contributed by atoms with E-state index in [1.807, 2.05) is 60.7 Å². The molecule has 3 N–H and O–H groups in total. The van der Waals surface area contributed by atoms with Crippen molar-refractivity contribution in [1.29, 1.82) is 0 Å². The van der Waals surface area contributed by atoms with Crippen molar-refractivity contribution in [2.45, 2.75) is 11.4 Å². The summed E-state index contributed by atoms with van der Waals surface area (Å²) in [4.78, 5) is 33.4. The fraction of sp³-hybridized carbons (Fsp3) is 0.0800. The third-order valence-corrected chi connectivity index (χ3v) is 7.17. The summed E-state index contributed by atoms with van der Waals surface area (Å²) in [5.74, 6) is -0.181. The van der Waals surface area contributed by atoms with Crippen molar-refractivity contribution in [1.82, 2.24) is 5.32 Å². The fourth-order valence-corrected chi connectivity index (χ4v) is 6.01. The Morgan fingerprint density at radius 1 is 0.882 bits per heavy atom. The molecule has 0 atom stereocenters. The molecule has 0 aliphatic rings. The van der Waals surface area contributed by atoms with Crippen molar-refractivity contribution in [2.75, 3.05) is 10.6 Å². The normalized spacial score (nSPS) is 11.1. The van der Waals surface area contributed by atoms with Gasteiger partial charge in [-0.25, -0.2) is 0 Å². The summed E-state index contributed by atoms with van der Waals surface area (Å²) in [5.41, 5.74) is 2.30. The standard InChI is InChI=1S/C25H21Cl2N2O3PS/c26-18-12-19(27)14-20(13-18)34-29(16-33(31)32)24-11-5-8-21-22(24)9-4-10-23(21)25(30)28-15-17-6-2-1-3-7-17/h1-14,31-32H,15-16H2,(H,28,30). The average molecular weight is 531 g/mol. The number of nitrogens with zero attached hydrogens (tertiary/aromatic N) is 1. The smallest absolute Gasteiger partial charge is 0.252 e. The molecule has 4 aromatic rings. The van der Waals surface area contributed by atoms with Crippen LogP contribution in [0.4, 0.5) is 5.69 Å². The Balaban J connectivity index is 1.67. The van der Waals surface area contributed by atoms with Gasteiger partial charge in [0.2, 0.25) is 0 Å². The maximum absolute atomic E-state index is 13.0. The molecule has 1 amide bonds. The van der Waals surface area contributed by atoms with Crippen LogP contribution >= 0.6 is 43.5 Å². The van der Waals surface area contributed by atoms with Gasteiger partial charge in [0.15, 0.2) is 8.38 Å². The van der Waals surface area contributed by atoms with Gasteiger partial charge in [0.05, 0.1) is 12.0 Å². The second-order valence-corrected chi connectivity index (χ2v) is 10.4. The molecule has 5 nitrogen and oxygen atoms in total. The summed E-state index contributed by atoms with van der Waals surface area (Å²) in [5, 5.41) is 5.53. The maximum atomic E-state index is 13.0. The highest BCUT2D eigenvalue weighted by molar-refractivity contribution is 8.01. The van der Waals surface area contributed by atoms with Gasteiger partial charge in [-0.3, -0.25) is 4.79 Å². The Labute approximate surface area is 213 Å². The van der Waals surface area contributed by atoms with Gasteiger partial charge in [-0.2, -0.15) is 0 Å². The third kappa shape index (κ3) is 6.22. The van der Waals surface area contributed by atoms with Crippen molar-refractivity contribution >= 4 is 65.9 Å². The number of hydrogen-bond acceptors (Lipinski definition) is 5. The highest BCUT2D eigenvalue weighted by atomic mass is 35.5. The monoisotopic (exact) mass is 530 g/mol. The average Bonchev–Trinajstić information content (AvgIpc) is 2.81. The summed E-state index contributed by atoms with van der Waals surface area (Å²) in [7, 11) is -2.22. The van der Waals surface area contributed by atoms with Gasteiger partial charge in [-0.1, -0.05) is 77.8 Å². The predicted molar refractivity (Wildman–Crippen MR) is 143 cm³/mol. The number of carbonyl (C=O) groups is 1. The lowest BCUT2D eigenvalue weighted by Gasteiger charge is -2.25. The second kappa shape index (κ2) is 11.4. The number of benzene rings is 4. The van der Waals surface area contributed by atoms with Gasteiger partial charge >= 0.3 is 0 Å². The molecule has 174 valence electrons. The molecule has 0 spiro atoms. The van der Waals surface area contributed by atoms with E-state index in [4.69, 9.17) is 23.2 Å². The zero-order chi connectivity index (χ0) is 24.1. The lowest BCUT2D eigenvalue weighted by atomic mass is 10.0. The van der Waals surface area contributed by atoms with Gasteiger partial charge in [0, 0.05) is 32.4 Å². The van der Waals surface area contributed by atoms with Crippen molar-refractivity contribution in [3.8, 4) is 0 Å². The maximum Gasteiger partial charge on any atom is 0.252 e. The topological polar surface area (TPSA) is 72.8 Å². The Kier molecular flexibility index (Phi) is 8.32. The Morgan fingerprint density at radius 3 is 2.26 bits per heavy atom. The zero-order valence-electron chi connectivity index (χ0n) is 17.9. The van der Waals surface area contributed by atoms with Crippen LogP contribution in [-0.4, -0.2) is 22.0 Å². The first-order chi connectivity index (χ1) is 16.4. The number of carbonyl (C=O) groups excluding carboxylic acids is 1. The highest BCUT2D eigenvalue weighted by Gasteiger charge is 2.18. The van der Waals surface area contributed by atoms with Crippen molar-refractivity contribution in [3.63, 3.8) is 0 Å². The summed E-state index contributed by atoms with van der Waals surface area (Å²) < 4.78 is 1.78. The van der Waals surface area contributed by atoms with E-state index < -0.39 is 8.38 Å². The molecule has 0 saturated heterocycles. The largest absolute Gasteiger partial charge is 0.349 e. The number of nitrogens with one attached hydrogen (secondary N) is 1. The van der Waals surface area contributed by atoms with Crippen LogP contribution in [0.1, 0.15) is 15.9 Å². The molecule has 0 aromatic heterocycles. The van der Waals surface area contributed by atoms with E-state index in [1.165, 1.54) is 11.9 Å². The fourth-order valence-electron chi connectivity index (χ4n) is 3.56. The molecular formula is C25H21Cl2N2O3PS. The number of hydrogen-bond donors (Lipinski definition) is 3. The van der Waals surface area contributed by atoms with Gasteiger partial charge in [-0.05, 0) is 53.2 Å². The van der Waals surface area contributed by atoms with Crippen LogP contribution in [0.5, 0.6) is 0 Å². The summed E-state index contributed by atoms with van der Waals surface area (Å²) in [6, 6.07) is 26.0. The molecule has 0 heterocycles. The van der Waals surface area contributed by atoms with Crippen LogP contribution in [0.2, 0.25) is 10.0 Å². The lowest BCUT2D eigenvalue weighted by molar-refractivity contribution is 0.0952. The van der Waals surface area contributed by atoms with Gasteiger partial charge in [0.25, 0.3) is 5.91 Å². The molecule has 0 aliphatic carbocycles. The van der Waals surface area contributed by atoms with E-state index >= 15 is 0 Å². The number of rotatable bonds is 8. The van der Waals surface area contributed by atoms with Crippen molar-refractivity contribution in [2.24, 2.45) is 0 Å². The van der Waals surface area contributed by atoms with Gasteiger partial charge < -0.3 is 19.4 Å². The molecule has 0 fully saturated rings. The zero-order valence-corrected chi connectivity index (χ0v) is 21.1. The van der Waals surface area contributed by atoms with Crippen LogP contribution in [-0.2, 0) is 6.54 Å². The minimum Gasteiger partial charge on any atom is -0.349 e. The summed E-state index contributed by atoms with van der Waals surface area (Å²) in [6.45, 7) is 0.423. The Hall–Kier alpha value is -2.31. The molecule has 0 aliphatic heterocycles. The molecule has 4 rings (SSSR count). The summed E-state index contributed by atoms with van der Waals surface area (Å²) >= 11 is 13.6. The number of anilines is 1. The van der Waals surface area contributed by atoms with Crippen LogP contribution < -0.4 is 9.62 Å². The number of amides is 1. The summed E-state index contributed by atoms with van der Waals surface area (Å²) in [6.07, 6.45) is -0.00627. The first-order valence-electron chi connectivity index (χ1n) is 10.3. The van der Waals surface area contributed by atoms with Crippen LogP contribution in [0.15, 0.2) is 89.8 Å². The Bertz CT molecular complexity index is 1290. The number of halogens is 2. The molecule has 34 heavy (non-hydrogen) atoms. The van der Waals surface area contributed by atoms with Crippen LogP contribution in [0, 0.1) is 0 Å². The van der Waals surface area contributed by atoms with Crippen LogP contribution in [0.25, 0.3) is 10.8 Å². The molecule has 0 unspecified atom stereocenters. The van der Waals surface area contributed by atoms with Gasteiger partial charge in [-0.15, -0.1) is 0 Å². The first-order valence-corrected chi connectivity index (χ1v) is 13.3. The highest BCUT2D eigenvalue weighted by Crippen LogP contribution is 2.40. The second-order valence-electron chi connectivity index (χ2n) is 7.43. The first kappa shape index (κ1) is 24.8. The quantitative estimate of drug-likeness (QED) is 0.172. The van der Waals surface area contributed by atoms with E-state index in [0.29, 0.717) is 22.2 Å². The van der Waals surface area contributed by atoms with Crippen LogP contribution in [0.3, 0.4) is 0 Å². The third-order valence-electron chi connectivity index (χ3n) is 5.01. The van der Waals surface area contributed by atoms with Gasteiger partial charge in [0.1, 0.15) is 0 Å². The predicted octanol–water partition coefficient (Wildman–Crippen LogP) is 6.84. The van der Waals surface area contributed by atoms with E-state index in [1.54, 1.807) is 28.6 Å². The lowest BCUT2D eigenvalue weighted by Crippen LogP contribution is -2.23. The Morgan fingerprint density at radius 2 is 1.56 bits per heavy atom. The van der Waals surface area contributed by atoms with E-state index in [0.717, 1.165) is 26.9 Å². The molecular weight excluding hydrogens is 510 g/mol. The minimum absolute atomic E-state index is 0.00627. The van der Waals surface area contributed by atoms with E-state index in [-0.39, 0.29) is 12.2 Å². The SMILES string of the molecule is O=C(NCc1ccccc1)c1cccc2c(N(CP(O)O)Sc3cc(Cl)cc(Cl)c3)cccc12. The molecule has 0 saturated carbocycles. The molecule has 4 aromatic carbocycles. The minimum atomic E-state index is -2.22. The van der Waals surface area contributed by atoms with E-state index in [2.05, 4.69) is 5.32 Å². The number of fused-ring (bicyclic) bond motifs is 1. The molecule has 0 bridgehead atoms. The van der Waals surface area contributed by atoms with Crippen molar-refractivity contribution < 1.29 is 14.6 Å². The van der Waals surface area contributed by atoms with Crippen molar-refractivity contribution in [3.05, 3.63) is 106 Å². The molecule has 0 radical (unpaired) electrons. The van der Waals surface area contributed by atoms with E-state index in [9.17, 15) is 14.6 Å².